The minimum atomic E-state index is -0.573. The Kier molecular flexibility index (Phi) is 8.49. The van der Waals surface area contributed by atoms with Crippen molar-refractivity contribution in [3.05, 3.63) is 35.3 Å². The first-order valence-corrected chi connectivity index (χ1v) is 12.2. The van der Waals surface area contributed by atoms with Crippen LogP contribution in [0, 0.1) is 5.92 Å². The third-order valence-corrected chi connectivity index (χ3v) is 6.11. The van der Waals surface area contributed by atoms with Gasteiger partial charge in [0.2, 0.25) is 5.91 Å². The molecule has 2 aromatic rings. The van der Waals surface area contributed by atoms with E-state index in [9.17, 15) is 14.4 Å². The van der Waals surface area contributed by atoms with E-state index < -0.39 is 11.7 Å². The Balaban J connectivity index is 1.51. The molecule has 1 unspecified atom stereocenters. The lowest BCUT2D eigenvalue weighted by Gasteiger charge is -2.31. The summed E-state index contributed by atoms with van der Waals surface area (Å²) < 4.78 is 10.6. The summed E-state index contributed by atoms with van der Waals surface area (Å²) in [4.78, 5) is 43.6. The van der Waals surface area contributed by atoms with Crippen molar-refractivity contribution >= 4 is 29.2 Å². The van der Waals surface area contributed by atoms with E-state index in [4.69, 9.17) is 9.47 Å². The van der Waals surface area contributed by atoms with Gasteiger partial charge in [0, 0.05) is 31.6 Å². The molecule has 1 saturated heterocycles. The van der Waals surface area contributed by atoms with Crippen LogP contribution in [0.1, 0.15) is 44.1 Å². The summed E-state index contributed by atoms with van der Waals surface area (Å²) in [6.45, 7) is 6.84. The molecule has 1 aromatic carbocycles. The summed E-state index contributed by atoms with van der Waals surface area (Å²) >= 11 is 1.39. The summed E-state index contributed by atoms with van der Waals surface area (Å²) in [6, 6.07) is 7.55. The van der Waals surface area contributed by atoms with Crippen LogP contribution in [0.3, 0.4) is 0 Å². The number of nitrogens with zero attached hydrogens (tertiary/aromatic N) is 2. The minimum absolute atomic E-state index is 0.128. The van der Waals surface area contributed by atoms with Crippen molar-refractivity contribution in [1.82, 2.24) is 20.5 Å². The summed E-state index contributed by atoms with van der Waals surface area (Å²) in [5.74, 6) is 0.0937. The number of carbonyl (C=O) groups is 3. The van der Waals surface area contributed by atoms with Gasteiger partial charge in [-0.3, -0.25) is 9.59 Å². The van der Waals surface area contributed by atoms with Gasteiger partial charge in [0.1, 0.15) is 22.1 Å². The Hall–Kier alpha value is -3.14. The van der Waals surface area contributed by atoms with E-state index in [-0.39, 0.29) is 30.8 Å². The molecule has 34 heavy (non-hydrogen) atoms. The van der Waals surface area contributed by atoms with Gasteiger partial charge in [-0.05, 0) is 45.7 Å². The fraction of sp³-hybridized carbons (Fsp3) is 0.500. The highest BCUT2D eigenvalue weighted by molar-refractivity contribution is 7.13. The van der Waals surface area contributed by atoms with Crippen LogP contribution >= 0.6 is 11.3 Å². The number of rotatable bonds is 7. The van der Waals surface area contributed by atoms with Crippen molar-refractivity contribution in [1.29, 1.82) is 0 Å². The zero-order valence-corrected chi connectivity index (χ0v) is 20.9. The third kappa shape index (κ3) is 6.93. The molecule has 1 fully saturated rings. The van der Waals surface area contributed by atoms with Gasteiger partial charge in [-0.2, -0.15) is 0 Å². The molecule has 0 bridgehead atoms. The smallest absolute Gasteiger partial charge is 0.407 e. The van der Waals surface area contributed by atoms with Crippen molar-refractivity contribution in [2.75, 3.05) is 33.3 Å². The number of likely N-dealkylation sites (tertiary alicyclic amines) is 1. The van der Waals surface area contributed by atoms with Crippen LogP contribution in [0.5, 0.6) is 5.75 Å². The lowest BCUT2D eigenvalue weighted by atomic mass is 9.97. The molecule has 9 nitrogen and oxygen atoms in total. The second-order valence-corrected chi connectivity index (χ2v) is 9.91. The van der Waals surface area contributed by atoms with Crippen molar-refractivity contribution in [2.45, 2.75) is 39.2 Å². The maximum Gasteiger partial charge on any atom is 0.407 e. The summed E-state index contributed by atoms with van der Waals surface area (Å²) in [7, 11) is 1.60. The van der Waals surface area contributed by atoms with Gasteiger partial charge in [-0.25, -0.2) is 9.78 Å². The van der Waals surface area contributed by atoms with Gasteiger partial charge in [0.15, 0.2) is 0 Å². The van der Waals surface area contributed by atoms with Crippen molar-refractivity contribution in [2.24, 2.45) is 5.92 Å². The van der Waals surface area contributed by atoms with Gasteiger partial charge in [-0.1, -0.05) is 12.1 Å². The zero-order valence-electron chi connectivity index (χ0n) is 20.1. The average Bonchev–Trinajstić information content (AvgIpc) is 3.30. The molecule has 1 aromatic heterocycles. The van der Waals surface area contributed by atoms with Crippen LogP contribution in [0.15, 0.2) is 29.6 Å². The fourth-order valence-corrected chi connectivity index (χ4v) is 4.49. The standard InChI is InChI=1S/C24H32N4O5S/c1-24(2,3)33-23(31)26-12-11-25-20(29)16-8-7-13-28(14-16)22(30)18-15-34-21(27-18)17-9-5-6-10-19(17)32-4/h5-6,9-10,15-16H,7-8,11-14H2,1-4H3,(H,25,29)(H,26,31). The van der Waals surface area contributed by atoms with E-state index >= 15 is 0 Å². The number of methoxy groups -OCH3 is 1. The zero-order chi connectivity index (χ0) is 24.7. The van der Waals surface area contributed by atoms with Crippen LogP contribution in [-0.4, -0.2) is 66.7 Å². The number of ether oxygens (including phenoxy) is 2. The number of alkyl carbamates (subject to hydrolysis) is 1. The molecule has 10 heteroatoms. The Bertz CT molecular complexity index is 1020. The number of piperidine rings is 1. The van der Waals surface area contributed by atoms with E-state index in [0.717, 1.165) is 12.0 Å². The predicted molar refractivity (Wildman–Crippen MR) is 130 cm³/mol. The SMILES string of the molecule is COc1ccccc1-c1nc(C(=O)N2CCCC(C(=O)NCCNC(=O)OC(C)(C)C)C2)cs1. The van der Waals surface area contributed by atoms with E-state index in [2.05, 4.69) is 15.6 Å². The normalized spacial score (nSPS) is 16.0. The van der Waals surface area contributed by atoms with Gasteiger partial charge >= 0.3 is 6.09 Å². The first kappa shape index (κ1) is 25.5. The molecule has 2 heterocycles. The molecule has 0 spiro atoms. The van der Waals surface area contributed by atoms with Crippen LogP contribution in [-0.2, 0) is 9.53 Å². The minimum Gasteiger partial charge on any atom is -0.496 e. The molecule has 1 aliphatic heterocycles. The molecule has 0 saturated carbocycles. The van der Waals surface area contributed by atoms with Gasteiger partial charge in [0.05, 0.1) is 18.6 Å². The molecule has 1 aliphatic rings. The van der Waals surface area contributed by atoms with Crippen LogP contribution in [0.25, 0.3) is 10.6 Å². The number of benzene rings is 1. The number of aromatic nitrogens is 1. The Morgan fingerprint density at radius 3 is 2.65 bits per heavy atom. The molecule has 0 radical (unpaired) electrons. The van der Waals surface area contributed by atoms with E-state index in [1.54, 1.807) is 38.2 Å². The second-order valence-electron chi connectivity index (χ2n) is 9.05. The molecule has 2 N–H and O–H groups in total. The molecule has 0 aliphatic carbocycles. The number of para-hydroxylation sites is 1. The quantitative estimate of drug-likeness (QED) is 0.579. The highest BCUT2D eigenvalue weighted by Crippen LogP contribution is 2.32. The number of thiazole rings is 1. The van der Waals surface area contributed by atoms with Gasteiger partial charge < -0.3 is 25.0 Å². The lowest BCUT2D eigenvalue weighted by molar-refractivity contribution is -0.126. The van der Waals surface area contributed by atoms with Crippen molar-refractivity contribution in [3.8, 4) is 16.3 Å². The average molecular weight is 489 g/mol. The monoisotopic (exact) mass is 488 g/mol. The number of hydrogen-bond acceptors (Lipinski definition) is 7. The molecular weight excluding hydrogens is 456 g/mol. The van der Waals surface area contributed by atoms with Crippen LogP contribution in [0.4, 0.5) is 4.79 Å². The summed E-state index contributed by atoms with van der Waals surface area (Å²) in [5.41, 5.74) is 0.634. The molecule has 184 valence electrons. The van der Waals surface area contributed by atoms with E-state index in [1.807, 2.05) is 24.3 Å². The van der Waals surface area contributed by atoms with Crippen LogP contribution < -0.4 is 15.4 Å². The molecule has 3 rings (SSSR count). The van der Waals surface area contributed by atoms with E-state index in [1.165, 1.54) is 11.3 Å². The number of nitrogens with one attached hydrogen (secondary N) is 2. The largest absolute Gasteiger partial charge is 0.496 e. The van der Waals surface area contributed by atoms with Crippen molar-refractivity contribution < 1.29 is 23.9 Å². The molecule has 1 atom stereocenters. The van der Waals surface area contributed by atoms with Gasteiger partial charge in [0.25, 0.3) is 5.91 Å². The predicted octanol–water partition coefficient (Wildman–Crippen LogP) is 3.31. The highest BCUT2D eigenvalue weighted by atomic mass is 32.1. The topological polar surface area (TPSA) is 110 Å². The first-order valence-electron chi connectivity index (χ1n) is 11.3. The first-order chi connectivity index (χ1) is 16.2. The van der Waals surface area contributed by atoms with Crippen molar-refractivity contribution in [3.63, 3.8) is 0 Å². The number of amides is 3. The third-order valence-electron chi connectivity index (χ3n) is 5.23. The lowest BCUT2D eigenvalue weighted by Crippen LogP contribution is -2.46. The number of hydrogen-bond donors (Lipinski definition) is 2. The maximum absolute atomic E-state index is 13.1. The Labute approximate surface area is 203 Å². The Morgan fingerprint density at radius 1 is 1.18 bits per heavy atom. The maximum atomic E-state index is 13.1. The molecule has 3 amide bonds. The van der Waals surface area contributed by atoms with E-state index in [0.29, 0.717) is 36.0 Å². The van der Waals surface area contributed by atoms with Gasteiger partial charge in [-0.15, -0.1) is 11.3 Å². The summed E-state index contributed by atoms with van der Waals surface area (Å²) in [5, 5.41) is 7.91. The Morgan fingerprint density at radius 2 is 1.91 bits per heavy atom. The number of carbonyl (C=O) groups excluding carboxylic acids is 3. The highest BCUT2D eigenvalue weighted by Gasteiger charge is 2.30. The molecular formula is C24H32N4O5S. The fourth-order valence-electron chi connectivity index (χ4n) is 3.66. The summed E-state index contributed by atoms with van der Waals surface area (Å²) in [6.07, 6.45) is 0.925. The van der Waals surface area contributed by atoms with Crippen LogP contribution in [0.2, 0.25) is 0 Å². The second kappa shape index (κ2) is 11.3.